The number of ether oxygens (including phenoxy) is 2. The summed E-state index contributed by atoms with van der Waals surface area (Å²) in [4.78, 5) is 52.7. The first-order valence-electron chi connectivity index (χ1n) is 15.1. The molecule has 0 aliphatic carbocycles. The number of aromatic carboxylic acids is 2. The van der Waals surface area contributed by atoms with E-state index in [1.165, 1.54) is 43.2 Å². The van der Waals surface area contributed by atoms with Crippen molar-refractivity contribution in [2.75, 3.05) is 26.5 Å². The van der Waals surface area contributed by atoms with Crippen LogP contribution >= 0.6 is 0 Å². The number of nitrogens with two attached hydrogens (primary N) is 1. The van der Waals surface area contributed by atoms with Crippen molar-refractivity contribution >= 4 is 40.9 Å². The molecule has 0 radical (unpaired) electrons. The number of aromatic nitrogens is 2. The van der Waals surface area contributed by atoms with Crippen molar-refractivity contribution in [3.63, 3.8) is 0 Å². The van der Waals surface area contributed by atoms with Crippen LogP contribution in [0, 0.1) is 11.8 Å². The molecule has 0 amide bonds. The van der Waals surface area contributed by atoms with Gasteiger partial charge in [-0.25, -0.2) is 14.6 Å². The van der Waals surface area contributed by atoms with Crippen LogP contribution in [0.4, 0.5) is 10.1 Å². The Morgan fingerprint density at radius 2 is 1.67 bits per heavy atom. The van der Waals surface area contributed by atoms with E-state index < -0.39 is 19.1 Å². The van der Waals surface area contributed by atoms with Crippen LogP contribution in [0.15, 0.2) is 46.2 Å². The summed E-state index contributed by atoms with van der Waals surface area (Å²) >= 11 is 0. The quantitative estimate of drug-likeness (QED) is 0.262. The van der Waals surface area contributed by atoms with Gasteiger partial charge in [0, 0.05) is 25.9 Å². The lowest BCUT2D eigenvalue weighted by Gasteiger charge is -2.10. The SMILES string of the molecule is CC1CCc2nc3cc(C(=O)O)ccc3c(=O)n2CC1.COC1=NCCC(C)CC1.Nc1cc(C(=O)O)ccc1OC=O.[2H]CF. The molecule has 2 unspecified atom stereocenters. The fourth-order valence-electron chi connectivity index (χ4n) is 4.70. The van der Waals surface area contributed by atoms with Gasteiger partial charge in [-0.3, -0.25) is 23.5 Å². The molecule has 3 heterocycles. The number of carboxylic acids is 2. The summed E-state index contributed by atoms with van der Waals surface area (Å²) in [7, 11) is 0.703. The van der Waals surface area contributed by atoms with E-state index in [0.717, 1.165) is 49.9 Å². The number of nitrogens with zero attached hydrogens (tertiary/aromatic N) is 3. The molecule has 0 fully saturated rings. The number of aryl methyl sites for hydroxylation is 1. The maximum Gasteiger partial charge on any atom is 0.335 e. The molecule has 13 heteroatoms. The summed E-state index contributed by atoms with van der Waals surface area (Å²) in [6, 6.07) is 8.36. The summed E-state index contributed by atoms with van der Waals surface area (Å²) in [5.41, 5.74) is 6.15. The minimum Gasteiger partial charge on any atom is -0.484 e. The van der Waals surface area contributed by atoms with Gasteiger partial charge in [0.05, 0.1) is 43.4 Å². The number of halogens is 1. The minimum atomic E-state index is -1.08. The monoisotopic (exact) mass is 629 g/mol. The van der Waals surface area contributed by atoms with Crippen molar-refractivity contribution in [2.45, 2.75) is 58.9 Å². The molecule has 45 heavy (non-hydrogen) atoms. The molecule has 12 nitrogen and oxygen atoms in total. The highest BCUT2D eigenvalue weighted by Crippen LogP contribution is 2.22. The second-order valence-corrected chi connectivity index (χ2v) is 10.6. The largest absolute Gasteiger partial charge is 0.484 e. The van der Waals surface area contributed by atoms with Crippen LogP contribution in [0.3, 0.4) is 0 Å². The van der Waals surface area contributed by atoms with Crippen LogP contribution < -0.4 is 16.0 Å². The normalized spacial score (nSPS) is 17.3. The molecule has 5 rings (SSSR count). The maximum absolute atomic E-state index is 12.5. The topological polar surface area (TPSA) is 183 Å². The van der Waals surface area contributed by atoms with Gasteiger partial charge in [0.25, 0.3) is 12.0 Å². The van der Waals surface area contributed by atoms with Crippen molar-refractivity contribution in [3.8, 4) is 5.75 Å². The van der Waals surface area contributed by atoms with Gasteiger partial charge in [0.1, 0.15) is 5.82 Å². The number of aliphatic imine (C=N–C) groups is 1. The molecule has 4 N–H and O–H groups in total. The van der Waals surface area contributed by atoms with Crippen LogP contribution in [0.1, 0.15) is 73.9 Å². The Labute approximate surface area is 262 Å². The number of methoxy groups -OCH3 is 1. The third kappa shape index (κ3) is 10.7. The van der Waals surface area contributed by atoms with Crippen molar-refractivity contribution < 1.29 is 39.8 Å². The summed E-state index contributed by atoms with van der Waals surface area (Å²) < 4.78 is 26.8. The van der Waals surface area contributed by atoms with Crippen molar-refractivity contribution in [1.82, 2.24) is 9.55 Å². The van der Waals surface area contributed by atoms with E-state index in [1.54, 1.807) is 17.7 Å². The van der Waals surface area contributed by atoms with Crippen molar-refractivity contribution in [1.29, 1.82) is 0 Å². The fourth-order valence-corrected chi connectivity index (χ4v) is 4.70. The van der Waals surface area contributed by atoms with Crippen molar-refractivity contribution in [3.05, 3.63) is 63.7 Å². The number of carbonyl (C=O) groups excluding carboxylic acids is 1. The molecule has 2 atom stereocenters. The first-order chi connectivity index (χ1) is 21.9. The third-order valence-electron chi connectivity index (χ3n) is 7.42. The van der Waals surface area contributed by atoms with E-state index in [9.17, 15) is 23.6 Å². The van der Waals surface area contributed by atoms with Crippen molar-refractivity contribution in [2.24, 2.45) is 16.8 Å². The molecule has 1 aromatic heterocycles. The molecule has 0 spiro atoms. The highest BCUT2D eigenvalue weighted by molar-refractivity contribution is 5.93. The van der Waals surface area contributed by atoms with E-state index in [4.69, 9.17) is 22.1 Å². The average molecular weight is 630 g/mol. The standard InChI is InChI=1S/C15H16N2O3.C8H7NO4.C8H15NO.CH3F/c1-9-2-5-13-16-12-8-10(15(19)20)3-4-11(12)14(18)17(13)7-6-9;9-6-3-5(8(11)12)1-2-7(6)13-4-10;1-7-3-4-8(10-2)9-6-5-7;1-2/h3-4,8-9H,2,5-7H2,1H3,(H,19,20);1-4H,9H2,(H,11,12);7H,3-6H2,1-2H3;1H3/i;;;1D. The van der Waals surface area contributed by atoms with Crippen LogP contribution in [0.5, 0.6) is 5.75 Å². The zero-order valence-electron chi connectivity index (χ0n) is 26.7. The molecule has 2 aliphatic rings. The lowest BCUT2D eigenvalue weighted by atomic mass is 10.0. The number of anilines is 1. The Morgan fingerprint density at radius 1 is 1.04 bits per heavy atom. The molecular weight excluding hydrogens is 587 g/mol. The van der Waals surface area contributed by atoms with Gasteiger partial charge in [-0.2, -0.15) is 0 Å². The summed E-state index contributed by atoms with van der Waals surface area (Å²) in [5, 5.41) is 18.1. The number of fused-ring (bicyclic) bond motifs is 2. The maximum atomic E-state index is 12.5. The van der Waals surface area contributed by atoms with Gasteiger partial charge in [-0.1, -0.05) is 13.8 Å². The van der Waals surface area contributed by atoms with Gasteiger partial charge < -0.3 is 25.4 Å². The number of hydrogen-bond donors (Lipinski definition) is 3. The van der Waals surface area contributed by atoms with Crippen LogP contribution in [0.25, 0.3) is 10.9 Å². The number of rotatable bonds is 4. The van der Waals surface area contributed by atoms with Gasteiger partial charge in [-0.15, -0.1) is 0 Å². The number of alkyl halides is 1. The number of nitrogen functional groups attached to an aromatic ring is 1. The smallest absolute Gasteiger partial charge is 0.335 e. The summed E-state index contributed by atoms with van der Waals surface area (Å²) in [6.07, 6.45) is 6.23. The molecule has 2 aromatic carbocycles. The van der Waals surface area contributed by atoms with Crippen LogP contribution in [-0.4, -0.2) is 64.9 Å². The zero-order valence-corrected chi connectivity index (χ0v) is 25.7. The van der Waals surface area contributed by atoms with Gasteiger partial charge in [0.15, 0.2) is 11.6 Å². The van der Waals surface area contributed by atoms with E-state index >= 15 is 0 Å². The third-order valence-corrected chi connectivity index (χ3v) is 7.42. The van der Waals surface area contributed by atoms with E-state index in [0.29, 0.717) is 23.4 Å². The Hall–Kier alpha value is -4.81. The summed E-state index contributed by atoms with van der Waals surface area (Å²) in [6.45, 7) is 6.32. The number of hydrogen-bond acceptors (Lipinski definition) is 9. The zero-order chi connectivity index (χ0) is 34.2. The lowest BCUT2D eigenvalue weighted by Crippen LogP contribution is -2.24. The van der Waals surface area contributed by atoms with Gasteiger partial charge in [0.2, 0.25) is 0 Å². The molecular formula is C32H41FN4O8. The average Bonchev–Trinajstić information content (AvgIpc) is 3.36. The predicted molar refractivity (Wildman–Crippen MR) is 169 cm³/mol. The van der Waals surface area contributed by atoms with Crippen LogP contribution in [0.2, 0.25) is 0 Å². The first-order valence-corrected chi connectivity index (χ1v) is 14.4. The molecule has 0 saturated carbocycles. The first kappa shape index (κ1) is 34.7. The fraction of sp³-hybridized carbons (Fsp3) is 0.438. The molecule has 3 aromatic rings. The van der Waals surface area contributed by atoms with Gasteiger partial charge in [-0.05, 0) is 73.9 Å². The number of benzene rings is 2. The Kier molecular flexibility index (Phi) is 14.0. The molecule has 244 valence electrons. The second kappa shape index (κ2) is 18.1. The molecule has 2 aliphatic heterocycles. The number of carbonyl (C=O) groups is 3. The molecule has 0 bridgehead atoms. The van der Waals surface area contributed by atoms with Crippen LogP contribution in [-0.2, 0) is 22.5 Å². The highest BCUT2D eigenvalue weighted by Gasteiger charge is 2.17. The highest BCUT2D eigenvalue weighted by atomic mass is 19.1. The molecule has 0 saturated heterocycles. The Balaban J connectivity index is 0.000000245. The minimum absolute atomic E-state index is 0.0516. The van der Waals surface area contributed by atoms with E-state index in [2.05, 4.69) is 28.6 Å². The second-order valence-electron chi connectivity index (χ2n) is 10.6. The lowest BCUT2D eigenvalue weighted by molar-refractivity contribution is -0.120. The Morgan fingerprint density at radius 3 is 2.29 bits per heavy atom. The predicted octanol–water partition coefficient (Wildman–Crippen LogP) is 5.01. The number of carboxylic acid groups (broad SMARTS) is 2. The Bertz CT molecular complexity index is 1580. The summed E-state index contributed by atoms with van der Waals surface area (Å²) in [5.74, 6) is 1.17. The van der Waals surface area contributed by atoms with E-state index in [1.807, 2.05) is 0 Å². The van der Waals surface area contributed by atoms with Gasteiger partial charge >= 0.3 is 11.9 Å². The van der Waals surface area contributed by atoms with E-state index in [-0.39, 0.29) is 34.6 Å².